The first-order valence-corrected chi connectivity index (χ1v) is 9.61. The molecule has 1 aliphatic rings. The van der Waals surface area contributed by atoms with Crippen molar-refractivity contribution in [1.82, 2.24) is 5.43 Å². The Hall–Kier alpha value is -2.40. The van der Waals surface area contributed by atoms with E-state index in [9.17, 15) is 0 Å². The molecule has 26 heavy (non-hydrogen) atoms. The molecule has 0 fully saturated rings. The van der Waals surface area contributed by atoms with E-state index in [0.717, 1.165) is 30.8 Å². The number of anilines is 2. The molecule has 0 bridgehead atoms. The third-order valence-corrected chi connectivity index (χ3v) is 4.66. The van der Waals surface area contributed by atoms with Gasteiger partial charge in [0.05, 0.1) is 6.21 Å². The zero-order chi connectivity index (χ0) is 18.4. The highest BCUT2D eigenvalue weighted by Crippen LogP contribution is 2.27. The molecule has 1 aliphatic heterocycles. The number of hydrazone groups is 1. The van der Waals surface area contributed by atoms with Crippen molar-refractivity contribution >= 4 is 34.9 Å². The van der Waals surface area contributed by atoms with Crippen LogP contribution in [-0.2, 0) is 6.42 Å². The molecule has 0 aromatic heterocycles. The van der Waals surface area contributed by atoms with Gasteiger partial charge < -0.3 is 10.2 Å². The van der Waals surface area contributed by atoms with E-state index in [1.807, 2.05) is 24.4 Å². The highest BCUT2D eigenvalue weighted by atomic mass is 32.1. The molecule has 4 nitrogen and oxygen atoms in total. The number of benzene rings is 2. The van der Waals surface area contributed by atoms with E-state index < -0.39 is 0 Å². The molecule has 1 heterocycles. The maximum absolute atomic E-state index is 5.29. The molecule has 3 rings (SSSR count). The molecule has 0 spiro atoms. The zero-order valence-corrected chi connectivity index (χ0v) is 16.3. The fourth-order valence-corrected chi connectivity index (χ4v) is 3.50. The molecular formula is C21H26N4S. The van der Waals surface area contributed by atoms with Crippen LogP contribution in [0.5, 0.6) is 0 Å². The van der Waals surface area contributed by atoms with E-state index in [0.29, 0.717) is 5.11 Å². The lowest BCUT2D eigenvalue weighted by atomic mass is 9.99. The van der Waals surface area contributed by atoms with Gasteiger partial charge >= 0.3 is 0 Å². The Morgan fingerprint density at radius 1 is 1.27 bits per heavy atom. The number of aryl methyl sites for hydroxylation is 2. The highest BCUT2D eigenvalue weighted by molar-refractivity contribution is 7.80. The van der Waals surface area contributed by atoms with E-state index in [4.69, 9.17) is 12.2 Å². The van der Waals surface area contributed by atoms with Crippen molar-refractivity contribution in [1.29, 1.82) is 0 Å². The number of nitrogens with zero attached hydrogens (tertiary/aromatic N) is 2. The number of thiocarbonyl (C=S) groups is 1. The number of hydrogen-bond donors (Lipinski definition) is 2. The first-order valence-electron chi connectivity index (χ1n) is 9.20. The Kier molecular flexibility index (Phi) is 6.23. The molecule has 0 unspecified atom stereocenters. The second-order valence-electron chi connectivity index (χ2n) is 6.67. The van der Waals surface area contributed by atoms with Crippen LogP contribution in [0.15, 0.2) is 47.6 Å². The predicted octanol–water partition coefficient (Wildman–Crippen LogP) is 4.48. The molecule has 5 heteroatoms. The van der Waals surface area contributed by atoms with Gasteiger partial charge in [0, 0.05) is 24.5 Å². The average molecular weight is 367 g/mol. The van der Waals surface area contributed by atoms with Crippen molar-refractivity contribution in [2.24, 2.45) is 5.10 Å². The largest absolute Gasteiger partial charge is 0.371 e. The minimum Gasteiger partial charge on any atom is -0.371 e. The van der Waals surface area contributed by atoms with Gasteiger partial charge in [-0.05, 0) is 79.4 Å². The van der Waals surface area contributed by atoms with Crippen molar-refractivity contribution in [3.05, 3.63) is 59.2 Å². The summed E-state index contributed by atoms with van der Waals surface area (Å²) in [5.41, 5.74) is 8.91. The SMILES string of the molecule is CCCN1CCCc2cc(/C=N/NC(=S)Nc3cccc(C)c3)ccc21. The van der Waals surface area contributed by atoms with E-state index >= 15 is 0 Å². The molecule has 2 aromatic rings. The van der Waals surface area contributed by atoms with Crippen LogP contribution in [0.3, 0.4) is 0 Å². The number of fused-ring (bicyclic) bond motifs is 1. The van der Waals surface area contributed by atoms with Crippen LogP contribution < -0.4 is 15.6 Å². The van der Waals surface area contributed by atoms with Crippen LogP contribution in [0.4, 0.5) is 11.4 Å². The second kappa shape index (κ2) is 8.81. The van der Waals surface area contributed by atoms with Crippen LogP contribution in [0.25, 0.3) is 0 Å². The van der Waals surface area contributed by atoms with Crippen molar-refractivity contribution in [3.63, 3.8) is 0 Å². The Bertz CT molecular complexity index is 800. The normalized spacial score (nSPS) is 13.5. The summed E-state index contributed by atoms with van der Waals surface area (Å²) in [7, 11) is 0. The van der Waals surface area contributed by atoms with Gasteiger partial charge in [-0.15, -0.1) is 0 Å². The van der Waals surface area contributed by atoms with Crippen molar-refractivity contribution in [3.8, 4) is 0 Å². The number of hydrogen-bond acceptors (Lipinski definition) is 3. The fraction of sp³-hybridized carbons (Fsp3) is 0.333. The number of rotatable bonds is 5. The third kappa shape index (κ3) is 4.82. The summed E-state index contributed by atoms with van der Waals surface area (Å²) >= 11 is 5.29. The quantitative estimate of drug-likeness (QED) is 0.465. The highest BCUT2D eigenvalue weighted by Gasteiger charge is 2.15. The van der Waals surface area contributed by atoms with Gasteiger partial charge in [0.2, 0.25) is 0 Å². The second-order valence-corrected chi connectivity index (χ2v) is 7.08. The van der Waals surface area contributed by atoms with Gasteiger partial charge in [0.1, 0.15) is 0 Å². The first-order chi connectivity index (χ1) is 12.7. The van der Waals surface area contributed by atoms with Crippen LogP contribution in [0.1, 0.15) is 36.5 Å². The average Bonchev–Trinajstić information content (AvgIpc) is 2.62. The van der Waals surface area contributed by atoms with Crippen LogP contribution in [-0.4, -0.2) is 24.4 Å². The molecular weight excluding hydrogens is 340 g/mol. The predicted molar refractivity (Wildman–Crippen MR) is 115 cm³/mol. The van der Waals surface area contributed by atoms with Gasteiger partial charge in [0.15, 0.2) is 5.11 Å². The lowest BCUT2D eigenvalue weighted by molar-refractivity contribution is 0.681. The van der Waals surface area contributed by atoms with Crippen molar-refractivity contribution in [2.75, 3.05) is 23.3 Å². The van der Waals surface area contributed by atoms with E-state index in [2.05, 4.69) is 58.9 Å². The Balaban J connectivity index is 1.59. The van der Waals surface area contributed by atoms with Crippen LogP contribution in [0, 0.1) is 6.92 Å². The first kappa shape index (κ1) is 18.4. The summed E-state index contributed by atoms with van der Waals surface area (Å²) in [5, 5.41) is 7.90. The van der Waals surface area contributed by atoms with Crippen LogP contribution in [0.2, 0.25) is 0 Å². The molecule has 0 radical (unpaired) electrons. The Morgan fingerprint density at radius 3 is 2.96 bits per heavy atom. The summed E-state index contributed by atoms with van der Waals surface area (Å²) in [5.74, 6) is 0. The molecule has 136 valence electrons. The lowest BCUT2D eigenvalue weighted by Gasteiger charge is -2.31. The van der Waals surface area contributed by atoms with Gasteiger partial charge in [-0.3, -0.25) is 5.43 Å². The van der Waals surface area contributed by atoms with Crippen molar-refractivity contribution in [2.45, 2.75) is 33.1 Å². The molecule has 0 saturated carbocycles. The van der Waals surface area contributed by atoms with E-state index in [-0.39, 0.29) is 0 Å². The molecule has 0 saturated heterocycles. The smallest absolute Gasteiger partial charge is 0.191 e. The van der Waals surface area contributed by atoms with E-state index in [1.54, 1.807) is 0 Å². The lowest BCUT2D eigenvalue weighted by Crippen LogP contribution is -2.30. The van der Waals surface area contributed by atoms with Crippen LogP contribution >= 0.6 is 12.2 Å². The Labute approximate surface area is 161 Å². The molecule has 2 N–H and O–H groups in total. The summed E-state index contributed by atoms with van der Waals surface area (Å²) in [6.07, 6.45) is 5.36. The topological polar surface area (TPSA) is 39.7 Å². The van der Waals surface area contributed by atoms with Gasteiger partial charge in [-0.1, -0.05) is 25.1 Å². The molecule has 0 atom stereocenters. The van der Waals surface area contributed by atoms with Gasteiger partial charge in [-0.25, -0.2) is 0 Å². The fourth-order valence-electron chi connectivity index (χ4n) is 3.32. The summed E-state index contributed by atoms with van der Waals surface area (Å²) < 4.78 is 0. The van der Waals surface area contributed by atoms with Gasteiger partial charge in [-0.2, -0.15) is 5.10 Å². The van der Waals surface area contributed by atoms with E-state index in [1.165, 1.54) is 29.7 Å². The minimum atomic E-state index is 0.485. The summed E-state index contributed by atoms with van der Waals surface area (Å²) in [6, 6.07) is 14.7. The summed E-state index contributed by atoms with van der Waals surface area (Å²) in [4.78, 5) is 2.49. The zero-order valence-electron chi connectivity index (χ0n) is 15.5. The molecule has 2 aromatic carbocycles. The van der Waals surface area contributed by atoms with Gasteiger partial charge in [0.25, 0.3) is 0 Å². The van der Waals surface area contributed by atoms with Crippen molar-refractivity contribution < 1.29 is 0 Å². The monoisotopic (exact) mass is 366 g/mol. The molecule has 0 aliphatic carbocycles. The molecule has 0 amide bonds. The minimum absolute atomic E-state index is 0.485. The maximum Gasteiger partial charge on any atom is 0.191 e. The standard InChI is InChI=1S/C21H26N4S/c1-3-11-25-12-5-7-18-14-17(9-10-20(18)25)15-22-24-21(26)23-19-8-4-6-16(2)13-19/h4,6,8-10,13-15H,3,5,7,11-12H2,1-2H3,(H2,23,24,26)/b22-15+. The number of nitrogens with one attached hydrogen (secondary N) is 2. The Morgan fingerprint density at radius 2 is 2.15 bits per heavy atom. The maximum atomic E-state index is 5.29. The third-order valence-electron chi connectivity index (χ3n) is 4.47. The summed E-state index contributed by atoms with van der Waals surface area (Å²) in [6.45, 7) is 6.57.